The monoisotopic (exact) mass is 318 g/mol. The summed E-state index contributed by atoms with van der Waals surface area (Å²) in [5.74, 6) is 1.06. The average Bonchev–Trinajstić information content (AvgIpc) is 3.18. The van der Waals surface area contributed by atoms with Gasteiger partial charge >= 0.3 is 0 Å². The molecule has 0 aliphatic carbocycles. The van der Waals surface area contributed by atoms with Crippen molar-refractivity contribution in [3.05, 3.63) is 46.7 Å². The lowest BCUT2D eigenvalue weighted by molar-refractivity contribution is 0.109. The minimum atomic E-state index is -0.106. The zero-order valence-corrected chi connectivity index (χ0v) is 12.6. The van der Waals surface area contributed by atoms with E-state index in [4.69, 9.17) is 9.15 Å². The molecule has 0 radical (unpaired) electrons. The van der Waals surface area contributed by atoms with Crippen molar-refractivity contribution in [1.29, 1.82) is 0 Å². The van der Waals surface area contributed by atoms with Crippen LogP contribution in [0.2, 0.25) is 0 Å². The molecule has 0 fully saturated rings. The van der Waals surface area contributed by atoms with Crippen LogP contribution in [0.3, 0.4) is 0 Å². The van der Waals surface area contributed by atoms with Gasteiger partial charge in [0.1, 0.15) is 5.75 Å². The van der Waals surface area contributed by atoms with Crippen LogP contribution in [0, 0.1) is 0 Å². The van der Waals surface area contributed by atoms with Gasteiger partial charge in [0.05, 0.1) is 12.0 Å². The molecule has 3 aromatic rings. The third kappa shape index (κ3) is 3.14. The van der Waals surface area contributed by atoms with Gasteiger partial charge in [0, 0.05) is 17.3 Å². The van der Waals surface area contributed by atoms with Crippen molar-refractivity contribution >= 4 is 28.2 Å². The summed E-state index contributed by atoms with van der Waals surface area (Å²) in [6.45, 7) is 0. The summed E-state index contributed by atoms with van der Waals surface area (Å²) in [7, 11) is 1.59. The summed E-state index contributed by atoms with van der Waals surface area (Å²) in [5.41, 5.74) is 0.747. The van der Waals surface area contributed by atoms with Gasteiger partial charge in [-0.15, -0.1) is 21.5 Å². The average molecular weight is 318 g/mol. The first-order valence-corrected chi connectivity index (χ1v) is 7.69. The second-order valence-corrected chi connectivity index (χ2v) is 5.84. The highest BCUT2D eigenvalue weighted by molar-refractivity contribution is 8.14. The minimum Gasteiger partial charge on any atom is -0.497 e. The minimum absolute atomic E-state index is 0.106. The third-order valence-corrected chi connectivity index (χ3v) is 4.37. The van der Waals surface area contributed by atoms with Gasteiger partial charge in [0.15, 0.2) is 0 Å². The number of hydrogen-bond donors (Lipinski definition) is 0. The standard InChI is InChI=1S/C14H10N2O3S2/c1-18-10-5-2-4-9(8-10)12-15-16-14(19-12)21-13(17)11-6-3-7-20-11/h2-8H,1H3. The molecule has 0 saturated carbocycles. The van der Waals surface area contributed by atoms with Crippen molar-refractivity contribution in [1.82, 2.24) is 10.2 Å². The van der Waals surface area contributed by atoms with Crippen molar-refractivity contribution < 1.29 is 13.9 Å². The number of methoxy groups -OCH3 is 1. The van der Waals surface area contributed by atoms with Crippen LogP contribution in [-0.2, 0) is 0 Å². The van der Waals surface area contributed by atoms with E-state index in [2.05, 4.69) is 10.2 Å². The Bertz CT molecular complexity index is 753. The van der Waals surface area contributed by atoms with Gasteiger partial charge < -0.3 is 9.15 Å². The molecule has 1 aromatic carbocycles. The molecule has 0 amide bonds. The number of nitrogens with zero attached hydrogens (tertiary/aromatic N) is 2. The highest BCUT2D eigenvalue weighted by atomic mass is 32.2. The van der Waals surface area contributed by atoms with E-state index in [9.17, 15) is 4.79 Å². The number of hydrogen-bond acceptors (Lipinski definition) is 7. The van der Waals surface area contributed by atoms with Crippen molar-refractivity contribution in [2.45, 2.75) is 5.22 Å². The van der Waals surface area contributed by atoms with Gasteiger partial charge in [-0.3, -0.25) is 4.79 Å². The van der Waals surface area contributed by atoms with Crippen LogP contribution in [0.5, 0.6) is 5.75 Å². The zero-order valence-electron chi connectivity index (χ0n) is 11.0. The molecule has 0 saturated heterocycles. The van der Waals surface area contributed by atoms with E-state index in [1.54, 1.807) is 19.2 Å². The Morgan fingerprint density at radius 1 is 1.29 bits per heavy atom. The molecule has 21 heavy (non-hydrogen) atoms. The Hall–Kier alpha value is -2.12. The number of carbonyl (C=O) groups excluding carboxylic acids is 1. The quantitative estimate of drug-likeness (QED) is 0.683. The SMILES string of the molecule is COc1cccc(-c2nnc(SC(=O)c3cccs3)o2)c1. The van der Waals surface area contributed by atoms with Gasteiger partial charge in [0.25, 0.3) is 5.22 Å². The molecule has 0 spiro atoms. The van der Waals surface area contributed by atoms with Crippen LogP contribution in [0.25, 0.3) is 11.5 Å². The molecule has 3 rings (SSSR count). The number of carbonyl (C=O) groups is 1. The number of rotatable bonds is 4. The highest BCUT2D eigenvalue weighted by Crippen LogP contribution is 2.28. The Morgan fingerprint density at radius 2 is 2.19 bits per heavy atom. The fourth-order valence-electron chi connectivity index (χ4n) is 1.65. The first-order valence-electron chi connectivity index (χ1n) is 6.00. The maximum absolute atomic E-state index is 11.9. The second-order valence-electron chi connectivity index (χ2n) is 3.97. The molecule has 0 N–H and O–H groups in total. The molecule has 0 unspecified atom stereocenters. The summed E-state index contributed by atoms with van der Waals surface area (Å²) >= 11 is 2.31. The van der Waals surface area contributed by atoms with Crippen molar-refractivity contribution in [2.24, 2.45) is 0 Å². The van der Waals surface area contributed by atoms with Crippen LogP contribution >= 0.6 is 23.1 Å². The highest BCUT2D eigenvalue weighted by Gasteiger charge is 2.15. The van der Waals surface area contributed by atoms with Gasteiger partial charge in [-0.05, 0) is 29.6 Å². The van der Waals surface area contributed by atoms with E-state index in [-0.39, 0.29) is 10.3 Å². The van der Waals surface area contributed by atoms with Gasteiger partial charge in [-0.25, -0.2) is 0 Å². The van der Waals surface area contributed by atoms with E-state index in [0.29, 0.717) is 16.5 Å². The Labute approximate surface area is 129 Å². The molecule has 106 valence electrons. The first-order chi connectivity index (χ1) is 10.3. The summed E-state index contributed by atoms with van der Waals surface area (Å²) in [4.78, 5) is 12.6. The normalized spacial score (nSPS) is 10.5. The van der Waals surface area contributed by atoms with Crippen LogP contribution in [0.1, 0.15) is 9.67 Å². The fraction of sp³-hybridized carbons (Fsp3) is 0.0714. The van der Waals surface area contributed by atoms with Gasteiger partial charge in [0.2, 0.25) is 11.0 Å². The molecule has 0 atom stereocenters. The van der Waals surface area contributed by atoms with Crippen molar-refractivity contribution in [2.75, 3.05) is 7.11 Å². The number of thiophene rings is 1. The lowest BCUT2D eigenvalue weighted by Crippen LogP contribution is -1.88. The predicted molar refractivity (Wildman–Crippen MR) is 80.8 cm³/mol. The maximum atomic E-state index is 11.9. The van der Waals surface area contributed by atoms with E-state index in [1.807, 2.05) is 29.6 Å². The summed E-state index contributed by atoms with van der Waals surface area (Å²) in [6.07, 6.45) is 0. The van der Waals surface area contributed by atoms with E-state index in [1.165, 1.54) is 11.3 Å². The Kier molecular flexibility index (Phi) is 4.03. The van der Waals surface area contributed by atoms with Gasteiger partial charge in [-0.1, -0.05) is 12.1 Å². The molecular formula is C14H10N2O3S2. The molecule has 0 aliphatic rings. The summed E-state index contributed by atoms with van der Waals surface area (Å²) < 4.78 is 10.7. The summed E-state index contributed by atoms with van der Waals surface area (Å²) in [6, 6.07) is 10.9. The van der Waals surface area contributed by atoms with Crippen LogP contribution in [0.4, 0.5) is 0 Å². The number of benzene rings is 1. The smallest absolute Gasteiger partial charge is 0.284 e. The molecule has 0 bridgehead atoms. The first kappa shape index (κ1) is 13.8. The zero-order chi connectivity index (χ0) is 14.7. The van der Waals surface area contributed by atoms with E-state index >= 15 is 0 Å². The molecule has 5 nitrogen and oxygen atoms in total. The van der Waals surface area contributed by atoms with Crippen molar-refractivity contribution in [3.8, 4) is 17.2 Å². The predicted octanol–water partition coefficient (Wildman–Crippen LogP) is 3.74. The molecule has 7 heteroatoms. The van der Waals surface area contributed by atoms with E-state index in [0.717, 1.165) is 17.3 Å². The number of ether oxygens (including phenoxy) is 1. The largest absolute Gasteiger partial charge is 0.497 e. The molecular weight excluding hydrogens is 308 g/mol. The molecule has 0 aliphatic heterocycles. The second kappa shape index (κ2) is 6.11. The third-order valence-electron chi connectivity index (χ3n) is 2.63. The maximum Gasteiger partial charge on any atom is 0.284 e. The van der Waals surface area contributed by atoms with Gasteiger partial charge in [-0.2, -0.15) is 0 Å². The Balaban J connectivity index is 1.78. The van der Waals surface area contributed by atoms with Crippen LogP contribution in [0.15, 0.2) is 51.4 Å². The Morgan fingerprint density at radius 3 is 2.95 bits per heavy atom. The lowest BCUT2D eigenvalue weighted by Gasteiger charge is -1.99. The number of thioether (sulfide) groups is 1. The van der Waals surface area contributed by atoms with E-state index < -0.39 is 0 Å². The molecule has 2 aromatic heterocycles. The molecule has 2 heterocycles. The van der Waals surface area contributed by atoms with Crippen molar-refractivity contribution in [3.63, 3.8) is 0 Å². The van der Waals surface area contributed by atoms with Crippen LogP contribution < -0.4 is 4.74 Å². The summed E-state index contributed by atoms with van der Waals surface area (Å²) in [5, 5.41) is 9.81. The lowest BCUT2D eigenvalue weighted by atomic mass is 10.2. The van der Waals surface area contributed by atoms with Crippen LogP contribution in [-0.4, -0.2) is 22.4 Å². The topological polar surface area (TPSA) is 65.2 Å². The number of aromatic nitrogens is 2. The fourth-order valence-corrected chi connectivity index (χ4v) is 3.00.